The van der Waals surface area contributed by atoms with Crippen molar-refractivity contribution in [1.82, 2.24) is 4.72 Å². The first kappa shape index (κ1) is 19.4. The van der Waals surface area contributed by atoms with Crippen molar-refractivity contribution in [3.63, 3.8) is 0 Å². The summed E-state index contributed by atoms with van der Waals surface area (Å²) in [7, 11) is -3.84. The van der Waals surface area contributed by atoms with Gasteiger partial charge in [-0.25, -0.2) is 13.1 Å². The van der Waals surface area contributed by atoms with Crippen LogP contribution < -0.4 is 14.8 Å². The number of amides is 1. The van der Waals surface area contributed by atoms with Gasteiger partial charge in [-0.3, -0.25) is 4.79 Å². The van der Waals surface area contributed by atoms with Gasteiger partial charge in [0.25, 0.3) is 0 Å². The maximum atomic E-state index is 12.3. The highest BCUT2D eigenvalue weighted by Gasteiger charge is 2.16. The fraction of sp³-hybridized carbons (Fsp3) is 0.222. The van der Waals surface area contributed by atoms with Crippen LogP contribution in [-0.2, 0) is 14.8 Å². The van der Waals surface area contributed by atoms with Gasteiger partial charge < -0.3 is 10.1 Å². The summed E-state index contributed by atoms with van der Waals surface area (Å²) in [5.74, 6) is -0.0131. The highest BCUT2D eigenvalue weighted by Crippen LogP contribution is 2.17. The number of hydrogen-bond acceptors (Lipinski definition) is 5. The molecule has 0 heterocycles. The summed E-state index contributed by atoms with van der Waals surface area (Å²) in [6.07, 6.45) is -0.0180. The Kier molecular flexibility index (Phi) is 6.33. The van der Waals surface area contributed by atoms with Crippen LogP contribution in [0.1, 0.15) is 19.4 Å². The van der Waals surface area contributed by atoms with Crippen LogP contribution in [0, 0.1) is 11.3 Å². The van der Waals surface area contributed by atoms with Gasteiger partial charge in [-0.05, 0) is 50.2 Å². The lowest BCUT2D eigenvalue weighted by Gasteiger charge is -2.11. The monoisotopic (exact) mass is 373 g/mol. The van der Waals surface area contributed by atoms with E-state index in [1.807, 2.05) is 19.9 Å². The molecule has 0 bridgehead atoms. The predicted octanol–water partition coefficient (Wildman–Crippen LogP) is 2.26. The maximum absolute atomic E-state index is 12.3. The highest BCUT2D eigenvalue weighted by atomic mass is 32.2. The molecule has 0 fully saturated rings. The lowest BCUT2D eigenvalue weighted by atomic mass is 10.2. The summed E-state index contributed by atoms with van der Waals surface area (Å²) in [6.45, 7) is 3.29. The molecule has 1 amide bonds. The van der Waals surface area contributed by atoms with Gasteiger partial charge in [0.05, 0.1) is 28.8 Å². The van der Waals surface area contributed by atoms with E-state index in [1.165, 1.54) is 12.1 Å². The van der Waals surface area contributed by atoms with E-state index in [4.69, 9.17) is 10.00 Å². The average Bonchev–Trinajstić information content (AvgIpc) is 2.60. The topological polar surface area (TPSA) is 108 Å². The van der Waals surface area contributed by atoms with Crippen molar-refractivity contribution in [1.29, 1.82) is 5.26 Å². The summed E-state index contributed by atoms with van der Waals surface area (Å²) in [4.78, 5) is 12.0. The molecule has 0 spiro atoms. The van der Waals surface area contributed by atoms with Gasteiger partial charge in [-0.2, -0.15) is 5.26 Å². The van der Waals surface area contributed by atoms with E-state index in [1.54, 1.807) is 36.4 Å². The minimum Gasteiger partial charge on any atom is -0.491 e. The Labute approximate surface area is 152 Å². The molecule has 136 valence electrons. The Hall–Kier alpha value is -2.89. The van der Waals surface area contributed by atoms with E-state index >= 15 is 0 Å². The normalized spacial score (nSPS) is 11.0. The van der Waals surface area contributed by atoms with Crippen molar-refractivity contribution < 1.29 is 17.9 Å². The molecule has 7 nitrogen and oxygen atoms in total. The summed E-state index contributed by atoms with van der Waals surface area (Å²) in [5, 5.41) is 11.5. The molecule has 0 radical (unpaired) electrons. The number of nitrogens with one attached hydrogen (secondary N) is 2. The summed E-state index contributed by atoms with van der Waals surface area (Å²) >= 11 is 0. The fourth-order valence-electron chi connectivity index (χ4n) is 2.10. The zero-order chi connectivity index (χ0) is 19.2. The van der Waals surface area contributed by atoms with Crippen molar-refractivity contribution in [3.05, 3.63) is 54.1 Å². The van der Waals surface area contributed by atoms with Gasteiger partial charge in [0.15, 0.2) is 0 Å². The molecule has 0 unspecified atom stereocenters. The van der Waals surface area contributed by atoms with Crippen LogP contribution in [0.15, 0.2) is 53.4 Å². The molecule has 2 rings (SSSR count). The Morgan fingerprint density at radius 1 is 1.15 bits per heavy atom. The Morgan fingerprint density at radius 2 is 1.81 bits per heavy atom. The minimum absolute atomic E-state index is 0.0180. The molecule has 0 saturated carbocycles. The average molecular weight is 373 g/mol. The molecular formula is C18H19N3O4S. The number of para-hydroxylation sites is 1. The number of anilines is 1. The van der Waals surface area contributed by atoms with Crippen LogP contribution in [0.25, 0.3) is 0 Å². The third-order valence-electron chi connectivity index (χ3n) is 3.25. The van der Waals surface area contributed by atoms with Gasteiger partial charge >= 0.3 is 0 Å². The lowest BCUT2D eigenvalue weighted by molar-refractivity contribution is -0.115. The SMILES string of the molecule is CC(C)Oc1ccc(S(=O)(=O)NCC(=O)Nc2ccccc2C#N)cc1. The van der Waals surface area contributed by atoms with Crippen LogP contribution in [0.2, 0.25) is 0 Å². The maximum Gasteiger partial charge on any atom is 0.241 e. The second-order valence-electron chi connectivity index (χ2n) is 5.67. The zero-order valence-electron chi connectivity index (χ0n) is 14.4. The molecule has 2 aromatic rings. The van der Waals surface area contributed by atoms with E-state index in [-0.39, 0.29) is 11.0 Å². The van der Waals surface area contributed by atoms with Crippen molar-refractivity contribution >= 4 is 21.6 Å². The van der Waals surface area contributed by atoms with E-state index in [0.29, 0.717) is 17.0 Å². The number of carbonyl (C=O) groups excluding carboxylic acids is 1. The number of carbonyl (C=O) groups is 1. The van der Waals surface area contributed by atoms with Crippen LogP contribution >= 0.6 is 0 Å². The number of rotatable bonds is 7. The van der Waals surface area contributed by atoms with Gasteiger partial charge in [0.1, 0.15) is 11.8 Å². The first-order chi connectivity index (χ1) is 12.3. The quantitative estimate of drug-likeness (QED) is 0.774. The first-order valence-electron chi connectivity index (χ1n) is 7.87. The van der Waals surface area contributed by atoms with Gasteiger partial charge in [0.2, 0.25) is 15.9 Å². The number of nitrogens with zero attached hydrogens (tertiary/aromatic N) is 1. The Bertz CT molecular complexity index is 916. The fourth-order valence-corrected chi connectivity index (χ4v) is 3.08. The third kappa shape index (κ3) is 5.31. The molecule has 0 aliphatic carbocycles. The number of nitriles is 1. The molecule has 0 aliphatic heterocycles. The summed E-state index contributed by atoms with van der Waals surface area (Å²) < 4.78 is 32.2. The molecule has 0 atom stereocenters. The van der Waals surface area contributed by atoms with E-state index in [0.717, 1.165) is 0 Å². The van der Waals surface area contributed by atoms with Crippen molar-refractivity contribution in [2.45, 2.75) is 24.8 Å². The molecule has 0 saturated heterocycles. The smallest absolute Gasteiger partial charge is 0.241 e. The molecule has 2 aromatic carbocycles. The lowest BCUT2D eigenvalue weighted by Crippen LogP contribution is -2.33. The second kappa shape index (κ2) is 8.47. The van der Waals surface area contributed by atoms with Crippen LogP contribution in [0.5, 0.6) is 5.75 Å². The largest absolute Gasteiger partial charge is 0.491 e. The summed E-state index contributed by atoms with van der Waals surface area (Å²) in [5.41, 5.74) is 0.624. The van der Waals surface area contributed by atoms with Crippen molar-refractivity contribution in [2.24, 2.45) is 0 Å². The molecule has 0 aliphatic rings. The standard InChI is InChI=1S/C18H19N3O4S/c1-13(2)25-15-7-9-16(10-8-15)26(23,24)20-12-18(22)21-17-6-4-3-5-14(17)11-19/h3-10,13,20H,12H2,1-2H3,(H,21,22). The molecule has 8 heteroatoms. The van der Waals surface area contributed by atoms with Crippen LogP contribution in [0.3, 0.4) is 0 Å². The van der Waals surface area contributed by atoms with Gasteiger partial charge in [-0.15, -0.1) is 0 Å². The number of ether oxygens (including phenoxy) is 1. The minimum atomic E-state index is -3.84. The number of hydrogen-bond donors (Lipinski definition) is 2. The second-order valence-corrected chi connectivity index (χ2v) is 7.44. The molecule has 26 heavy (non-hydrogen) atoms. The van der Waals surface area contributed by atoms with Crippen LogP contribution in [0.4, 0.5) is 5.69 Å². The highest BCUT2D eigenvalue weighted by molar-refractivity contribution is 7.89. The van der Waals surface area contributed by atoms with Crippen LogP contribution in [-0.4, -0.2) is 27.0 Å². The van der Waals surface area contributed by atoms with Gasteiger partial charge in [-0.1, -0.05) is 12.1 Å². The number of sulfonamides is 1. The van der Waals surface area contributed by atoms with Crippen molar-refractivity contribution in [2.75, 3.05) is 11.9 Å². The first-order valence-corrected chi connectivity index (χ1v) is 9.35. The van der Waals surface area contributed by atoms with Crippen molar-refractivity contribution in [3.8, 4) is 11.8 Å². The van der Waals surface area contributed by atoms with E-state index in [9.17, 15) is 13.2 Å². The molecular weight excluding hydrogens is 354 g/mol. The zero-order valence-corrected chi connectivity index (χ0v) is 15.2. The number of benzene rings is 2. The summed E-state index contributed by atoms with van der Waals surface area (Å²) in [6, 6.07) is 14.3. The predicted molar refractivity (Wildman–Crippen MR) is 97.2 cm³/mol. The molecule has 2 N–H and O–H groups in total. The Morgan fingerprint density at radius 3 is 2.42 bits per heavy atom. The van der Waals surface area contributed by atoms with E-state index < -0.39 is 22.5 Å². The third-order valence-corrected chi connectivity index (χ3v) is 4.67. The van der Waals surface area contributed by atoms with E-state index in [2.05, 4.69) is 10.0 Å². The Balaban J connectivity index is 1.99. The van der Waals surface area contributed by atoms with Gasteiger partial charge in [0, 0.05) is 0 Å². The molecule has 0 aromatic heterocycles.